The van der Waals surface area contributed by atoms with Gasteiger partial charge in [-0.05, 0) is 55.8 Å². The third kappa shape index (κ3) is 4.38. The van der Waals surface area contributed by atoms with Crippen LogP contribution in [0.1, 0.15) is 35.4 Å². The Morgan fingerprint density at radius 1 is 1.38 bits per heavy atom. The van der Waals surface area contributed by atoms with E-state index in [-0.39, 0.29) is 18.3 Å². The highest BCUT2D eigenvalue weighted by molar-refractivity contribution is 7.98. The average molecular weight is 347 g/mol. The van der Waals surface area contributed by atoms with Crippen LogP contribution in [0.3, 0.4) is 0 Å². The SMILES string of the molecule is CSc1ccsc1C(=O)N1CCC(NCC2CC2)CC1.Cl. The maximum atomic E-state index is 12.5. The van der Waals surface area contributed by atoms with Gasteiger partial charge < -0.3 is 10.2 Å². The fourth-order valence-electron chi connectivity index (χ4n) is 2.70. The van der Waals surface area contributed by atoms with E-state index in [0.29, 0.717) is 6.04 Å². The van der Waals surface area contributed by atoms with E-state index in [9.17, 15) is 4.79 Å². The lowest BCUT2D eigenvalue weighted by molar-refractivity contribution is 0.0707. The highest BCUT2D eigenvalue weighted by atomic mass is 35.5. The third-order valence-corrected chi connectivity index (χ3v) is 6.03. The van der Waals surface area contributed by atoms with Crippen molar-refractivity contribution in [1.29, 1.82) is 0 Å². The zero-order valence-corrected chi connectivity index (χ0v) is 14.8. The van der Waals surface area contributed by atoms with Crippen molar-refractivity contribution in [2.45, 2.75) is 36.6 Å². The number of amides is 1. The Labute approximate surface area is 141 Å². The van der Waals surface area contributed by atoms with Crippen LogP contribution in [0.2, 0.25) is 0 Å². The summed E-state index contributed by atoms with van der Waals surface area (Å²) in [5.74, 6) is 1.16. The molecule has 0 aromatic carbocycles. The van der Waals surface area contributed by atoms with Crippen LogP contribution in [0.15, 0.2) is 16.3 Å². The Kier molecular flexibility index (Phi) is 6.41. The molecule has 1 aromatic heterocycles. The minimum atomic E-state index is 0. The maximum absolute atomic E-state index is 12.5. The average Bonchev–Trinajstić information content (AvgIpc) is 3.20. The van der Waals surface area contributed by atoms with Crippen LogP contribution in [0.4, 0.5) is 0 Å². The van der Waals surface area contributed by atoms with Crippen LogP contribution < -0.4 is 5.32 Å². The second-order valence-corrected chi connectivity index (χ2v) is 7.50. The second-order valence-electron chi connectivity index (χ2n) is 5.74. The molecule has 2 aliphatic rings. The van der Waals surface area contributed by atoms with Crippen LogP contribution >= 0.6 is 35.5 Å². The van der Waals surface area contributed by atoms with Crippen molar-refractivity contribution in [3.8, 4) is 0 Å². The van der Waals surface area contributed by atoms with Gasteiger partial charge in [-0.15, -0.1) is 35.5 Å². The number of thiophene rings is 1. The van der Waals surface area contributed by atoms with Crippen LogP contribution in [-0.2, 0) is 0 Å². The molecular formula is C15H23ClN2OS2. The monoisotopic (exact) mass is 346 g/mol. The van der Waals surface area contributed by atoms with E-state index < -0.39 is 0 Å². The highest BCUT2D eigenvalue weighted by Gasteiger charge is 2.27. The van der Waals surface area contributed by atoms with E-state index in [1.54, 1.807) is 23.1 Å². The molecule has 21 heavy (non-hydrogen) atoms. The smallest absolute Gasteiger partial charge is 0.265 e. The zero-order chi connectivity index (χ0) is 13.9. The van der Waals surface area contributed by atoms with Crippen molar-refractivity contribution in [3.05, 3.63) is 16.3 Å². The van der Waals surface area contributed by atoms with Gasteiger partial charge in [0.25, 0.3) is 5.91 Å². The number of piperidine rings is 1. The molecule has 6 heteroatoms. The lowest BCUT2D eigenvalue weighted by Crippen LogP contribution is -2.45. The minimum absolute atomic E-state index is 0. The van der Waals surface area contributed by atoms with Crippen LogP contribution in [0.5, 0.6) is 0 Å². The summed E-state index contributed by atoms with van der Waals surface area (Å²) < 4.78 is 0. The number of rotatable bonds is 5. The Hall–Kier alpha value is -0.230. The van der Waals surface area contributed by atoms with Gasteiger partial charge in [-0.1, -0.05) is 0 Å². The topological polar surface area (TPSA) is 32.3 Å². The fourth-order valence-corrected chi connectivity index (χ4v) is 4.41. The molecule has 1 amide bonds. The van der Waals surface area contributed by atoms with E-state index in [4.69, 9.17) is 0 Å². The number of thioether (sulfide) groups is 1. The molecule has 118 valence electrons. The number of likely N-dealkylation sites (tertiary alicyclic amines) is 1. The molecule has 1 saturated carbocycles. The van der Waals surface area contributed by atoms with Gasteiger partial charge in [0, 0.05) is 24.0 Å². The summed E-state index contributed by atoms with van der Waals surface area (Å²) in [5.41, 5.74) is 0. The lowest BCUT2D eigenvalue weighted by atomic mass is 10.0. The number of halogens is 1. The lowest BCUT2D eigenvalue weighted by Gasteiger charge is -2.32. The normalized spacial score (nSPS) is 19.4. The number of nitrogens with one attached hydrogen (secondary N) is 1. The molecule has 0 spiro atoms. The molecule has 1 aliphatic carbocycles. The van der Waals surface area contributed by atoms with Crippen LogP contribution in [-0.4, -0.2) is 42.7 Å². The van der Waals surface area contributed by atoms with E-state index in [1.807, 2.05) is 22.6 Å². The Morgan fingerprint density at radius 2 is 2.10 bits per heavy atom. The van der Waals surface area contributed by atoms with Crippen molar-refractivity contribution in [2.75, 3.05) is 25.9 Å². The van der Waals surface area contributed by atoms with E-state index in [1.165, 1.54) is 19.4 Å². The molecule has 0 unspecified atom stereocenters. The van der Waals surface area contributed by atoms with Crippen molar-refractivity contribution < 1.29 is 4.79 Å². The summed E-state index contributed by atoms with van der Waals surface area (Å²) >= 11 is 3.24. The number of carbonyl (C=O) groups excluding carboxylic acids is 1. The third-order valence-electron chi connectivity index (χ3n) is 4.22. The molecule has 2 fully saturated rings. The Morgan fingerprint density at radius 3 is 2.71 bits per heavy atom. The van der Waals surface area contributed by atoms with Gasteiger partial charge in [0.15, 0.2) is 0 Å². The molecular weight excluding hydrogens is 324 g/mol. The van der Waals surface area contributed by atoms with Crippen LogP contribution in [0, 0.1) is 5.92 Å². The number of carbonyl (C=O) groups is 1. The molecule has 1 aromatic rings. The van der Waals surface area contributed by atoms with Gasteiger partial charge in [-0.2, -0.15) is 0 Å². The summed E-state index contributed by atoms with van der Waals surface area (Å²) in [5, 5.41) is 5.68. The van der Waals surface area contributed by atoms with Gasteiger partial charge in [-0.25, -0.2) is 0 Å². The van der Waals surface area contributed by atoms with Gasteiger partial charge in [0.05, 0.1) is 0 Å². The van der Waals surface area contributed by atoms with Crippen molar-refractivity contribution in [1.82, 2.24) is 10.2 Å². The van der Waals surface area contributed by atoms with Gasteiger partial charge in [0.1, 0.15) is 4.88 Å². The molecule has 1 saturated heterocycles. The van der Waals surface area contributed by atoms with Crippen molar-refractivity contribution in [2.24, 2.45) is 5.92 Å². The van der Waals surface area contributed by atoms with Gasteiger partial charge in [-0.3, -0.25) is 4.79 Å². The van der Waals surface area contributed by atoms with Crippen LogP contribution in [0.25, 0.3) is 0 Å². The molecule has 1 N–H and O–H groups in total. The van der Waals surface area contributed by atoms with E-state index >= 15 is 0 Å². The van der Waals surface area contributed by atoms with Gasteiger partial charge in [0.2, 0.25) is 0 Å². The molecule has 0 bridgehead atoms. The first-order valence-electron chi connectivity index (χ1n) is 7.42. The zero-order valence-electron chi connectivity index (χ0n) is 12.3. The fraction of sp³-hybridized carbons (Fsp3) is 0.667. The first-order chi connectivity index (χ1) is 9.78. The summed E-state index contributed by atoms with van der Waals surface area (Å²) in [6.07, 6.45) is 7.03. The second kappa shape index (κ2) is 7.86. The molecule has 3 nitrogen and oxygen atoms in total. The van der Waals surface area contributed by atoms with E-state index in [0.717, 1.165) is 41.6 Å². The Bertz CT molecular complexity index is 468. The largest absolute Gasteiger partial charge is 0.338 e. The predicted molar refractivity (Wildman–Crippen MR) is 93.0 cm³/mol. The molecule has 1 aliphatic heterocycles. The van der Waals surface area contributed by atoms with Gasteiger partial charge >= 0.3 is 0 Å². The minimum Gasteiger partial charge on any atom is -0.338 e. The number of hydrogen-bond acceptors (Lipinski definition) is 4. The first-order valence-corrected chi connectivity index (χ1v) is 9.52. The summed E-state index contributed by atoms with van der Waals surface area (Å²) in [7, 11) is 0. The van der Waals surface area contributed by atoms with E-state index in [2.05, 4.69) is 5.32 Å². The molecule has 0 radical (unpaired) electrons. The number of hydrogen-bond donors (Lipinski definition) is 1. The molecule has 3 rings (SSSR count). The Balaban J connectivity index is 0.00000161. The number of nitrogens with zero attached hydrogens (tertiary/aromatic N) is 1. The molecule has 0 atom stereocenters. The summed E-state index contributed by atoms with van der Waals surface area (Å²) in [6.45, 7) is 2.97. The first kappa shape index (κ1) is 17.1. The highest BCUT2D eigenvalue weighted by Crippen LogP contribution is 2.29. The van der Waals surface area contributed by atoms with Crippen molar-refractivity contribution >= 4 is 41.4 Å². The van der Waals surface area contributed by atoms with Crippen molar-refractivity contribution in [3.63, 3.8) is 0 Å². The molecule has 2 heterocycles. The quantitative estimate of drug-likeness (QED) is 0.828. The maximum Gasteiger partial charge on any atom is 0.265 e. The predicted octanol–water partition coefficient (Wildman–Crippen LogP) is 3.50. The standard InChI is InChI=1S/C15H22N2OS2.ClH/c1-19-13-6-9-20-14(13)15(18)17-7-4-12(5-8-17)16-10-11-2-3-11;/h6,9,11-12,16H,2-5,7-8,10H2,1H3;1H. The summed E-state index contributed by atoms with van der Waals surface area (Å²) in [6, 6.07) is 2.66. The summed E-state index contributed by atoms with van der Waals surface area (Å²) in [4.78, 5) is 16.6.